The third kappa shape index (κ3) is 2.99. The van der Waals surface area contributed by atoms with Crippen LogP contribution in [0, 0.1) is 12.3 Å². The normalized spacial score (nSPS) is 19.5. The Balaban J connectivity index is 1.98. The molecule has 1 aliphatic carbocycles. The van der Waals surface area contributed by atoms with Crippen molar-refractivity contribution in [2.24, 2.45) is 12.5 Å². The average molecular weight is 271 g/mol. The number of thiol groups is 1. The fourth-order valence-corrected chi connectivity index (χ4v) is 4.21. The van der Waals surface area contributed by atoms with E-state index in [0.717, 1.165) is 22.5 Å². The molecule has 1 aliphatic rings. The van der Waals surface area contributed by atoms with E-state index in [4.69, 9.17) is 0 Å². The van der Waals surface area contributed by atoms with Crippen LogP contribution in [0.3, 0.4) is 0 Å². The summed E-state index contributed by atoms with van der Waals surface area (Å²) in [5, 5.41) is 9.35. The van der Waals surface area contributed by atoms with Crippen molar-refractivity contribution >= 4 is 24.4 Å². The van der Waals surface area contributed by atoms with Gasteiger partial charge >= 0.3 is 0 Å². The van der Waals surface area contributed by atoms with Crippen LogP contribution in [-0.4, -0.2) is 26.3 Å². The summed E-state index contributed by atoms with van der Waals surface area (Å²) in [7, 11) is 2.03. The minimum Gasteiger partial charge on any atom is -0.309 e. The molecule has 0 aliphatic heterocycles. The zero-order chi connectivity index (χ0) is 12.3. The molecule has 5 heteroatoms. The number of thioether (sulfide) groups is 1. The summed E-state index contributed by atoms with van der Waals surface area (Å²) < 4.78 is 2.07. The highest BCUT2D eigenvalue weighted by Crippen LogP contribution is 2.41. The molecule has 17 heavy (non-hydrogen) atoms. The first-order valence-electron chi connectivity index (χ1n) is 6.26. The third-order valence-electron chi connectivity index (χ3n) is 3.81. The highest BCUT2D eigenvalue weighted by atomic mass is 32.2. The van der Waals surface area contributed by atoms with E-state index in [9.17, 15) is 0 Å². The number of hydrogen-bond donors (Lipinski definition) is 1. The minimum atomic E-state index is 0.423. The molecule has 1 heterocycles. The zero-order valence-corrected chi connectivity index (χ0v) is 12.4. The Morgan fingerprint density at radius 2 is 2.00 bits per heavy atom. The Morgan fingerprint density at radius 3 is 2.53 bits per heavy atom. The van der Waals surface area contributed by atoms with Gasteiger partial charge in [0.2, 0.25) is 0 Å². The van der Waals surface area contributed by atoms with Crippen molar-refractivity contribution < 1.29 is 0 Å². The Kier molecular flexibility index (Phi) is 4.42. The average Bonchev–Trinajstić information content (AvgIpc) is 2.69. The maximum atomic E-state index is 4.57. The van der Waals surface area contributed by atoms with Crippen LogP contribution in [0.15, 0.2) is 5.16 Å². The Labute approximate surface area is 113 Å². The minimum absolute atomic E-state index is 0.423. The van der Waals surface area contributed by atoms with E-state index in [-0.39, 0.29) is 0 Å². The van der Waals surface area contributed by atoms with E-state index in [1.54, 1.807) is 0 Å². The first-order chi connectivity index (χ1) is 8.17. The Morgan fingerprint density at radius 1 is 1.29 bits per heavy atom. The predicted octanol–water partition coefficient (Wildman–Crippen LogP) is 3.10. The molecule has 0 saturated heterocycles. The maximum Gasteiger partial charge on any atom is 0.190 e. The molecule has 1 aromatic heterocycles. The molecule has 3 nitrogen and oxygen atoms in total. The van der Waals surface area contributed by atoms with Crippen molar-refractivity contribution in [1.29, 1.82) is 0 Å². The van der Waals surface area contributed by atoms with Crippen molar-refractivity contribution in [1.82, 2.24) is 14.8 Å². The fourth-order valence-electron chi connectivity index (χ4n) is 2.38. The van der Waals surface area contributed by atoms with Crippen molar-refractivity contribution in [3.63, 3.8) is 0 Å². The SMILES string of the molecule is Cc1nnc(SCC2(CS)CCCCC2)n1C. The van der Waals surface area contributed by atoms with Crippen LogP contribution in [0.25, 0.3) is 0 Å². The molecule has 0 aromatic carbocycles. The van der Waals surface area contributed by atoms with Crippen LogP contribution in [0.5, 0.6) is 0 Å². The first kappa shape index (κ1) is 13.3. The van der Waals surface area contributed by atoms with Gasteiger partial charge in [-0.05, 0) is 30.9 Å². The van der Waals surface area contributed by atoms with Gasteiger partial charge in [-0.15, -0.1) is 10.2 Å². The van der Waals surface area contributed by atoms with Gasteiger partial charge in [-0.2, -0.15) is 12.6 Å². The maximum absolute atomic E-state index is 4.57. The quantitative estimate of drug-likeness (QED) is 0.674. The van der Waals surface area contributed by atoms with Crippen LogP contribution < -0.4 is 0 Å². The van der Waals surface area contributed by atoms with Crippen LogP contribution in [0.4, 0.5) is 0 Å². The van der Waals surface area contributed by atoms with Crippen molar-refractivity contribution in [3.05, 3.63) is 5.82 Å². The topological polar surface area (TPSA) is 30.7 Å². The smallest absolute Gasteiger partial charge is 0.190 e. The highest BCUT2D eigenvalue weighted by Gasteiger charge is 2.31. The van der Waals surface area contributed by atoms with Gasteiger partial charge in [-0.1, -0.05) is 31.0 Å². The number of aromatic nitrogens is 3. The van der Waals surface area contributed by atoms with E-state index in [0.29, 0.717) is 5.41 Å². The third-order valence-corrected chi connectivity index (χ3v) is 5.85. The second kappa shape index (κ2) is 5.65. The van der Waals surface area contributed by atoms with Gasteiger partial charge in [0.1, 0.15) is 5.82 Å². The molecule has 0 amide bonds. The summed E-state index contributed by atoms with van der Waals surface area (Å²) in [5.41, 5.74) is 0.423. The lowest BCUT2D eigenvalue weighted by atomic mass is 9.77. The second-order valence-electron chi connectivity index (χ2n) is 5.10. The summed E-state index contributed by atoms with van der Waals surface area (Å²) >= 11 is 6.41. The molecule has 2 rings (SSSR count). The number of nitrogens with zero attached hydrogens (tertiary/aromatic N) is 3. The van der Waals surface area contributed by atoms with Gasteiger partial charge in [-0.25, -0.2) is 0 Å². The first-order valence-corrected chi connectivity index (χ1v) is 7.88. The molecule has 0 radical (unpaired) electrons. The summed E-state index contributed by atoms with van der Waals surface area (Å²) in [4.78, 5) is 0. The van der Waals surface area contributed by atoms with Gasteiger partial charge in [0.15, 0.2) is 5.16 Å². The molecule has 96 valence electrons. The van der Waals surface area contributed by atoms with Crippen LogP contribution >= 0.6 is 24.4 Å². The molecule has 1 fully saturated rings. The molecule has 0 bridgehead atoms. The van der Waals surface area contributed by atoms with E-state index in [2.05, 4.69) is 27.4 Å². The van der Waals surface area contributed by atoms with E-state index in [1.165, 1.54) is 32.1 Å². The Bertz CT molecular complexity index is 370. The second-order valence-corrected chi connectivity index (χ2v) is 6.35. The van der Waals surface area contributed by atoms with E-state index in [1.807, 2.05) is 25.7 Å². The van der Waals surface area contributed by atoms with E-state index < -0.39 is 0 Å². The van der Waals surface area contributed by atoms with Crippen LogP contribution in [-0.2, 0) is 7.05 Å². The van der Waals surface area contributed by atoms with Gasteiger partial charge in [0.25, 0.3) is 0 Å². The zero-order valence-electron chi connectivity index (χ0n) is 10.6. The molecule has 0 atom stereocenters. The molecular weight excluding hydrogens is 250 g/mol. The van der Waals surface area contributed by atoms with Crippen molar-refractivity contribution in [2.45, 2.75) is 44.2 Å². The molecular formula is C12H21N3S2. The lowest BCUT2D eigenvalue weighted by Gasteiger charge is -2.35. The standard InChI is InChI=1S/C12H21N3S2/c1-10-13-14-11(15(10)2)17-9-12(8-16)6-4-3-5-7-12/h16H,3-9H2,1-2H3. The number of rotatable bonds is 4. The van der Waals surface area contributed by atoms with Crippen molar-refractivity contribution in [2.75, 3.05) is 11.5 Å². The Hall–Kier alpha value is -0.160. The molecule has 0 unspecified atom stereocenters. The molecule has 0 N–H and O–H groups in total. The monoisotopic (exact) mass is 271 g/mol. The summed E-state index contributed by atoms with van der Waals surface area (Å²) in [6, 6.07) is 0. The van der Waals surface area contributed by atoms with Crippen LogP contribution in [0.1, 0.15) is 37.9 Å². The molecule has 0 spiro atoms. The van der Waals surface area contributed by atoms with Crippen LogP contribution in [0.2, 0.25) is 0 Å². The number of hydrogen-bond acceptors (Lipinski definition) is 4. The lowest BCUT2D eigenvalue weighted by Crippen LogP contribution is -2.29. The number of aryl methyl sites for hydroxylation is 1. The largest absolute Gasteiger partial charge is 0.309 e. The molecule has 1 aromatic rings. The van der Waals surface area contributed by atoms with Gasteiger partial charge in [0, 0.05) is 12.8 Å². The van der Waals surface area contributed by atoms with Gasteiger partial charge in [-0.3, -0.25) is 0 Å². The predicted molar refractivity (Wildman–Crippen MR) is 75.8 cm³/mol. The summed E-state index contributed by atoms with van der Waals surface area (Å²) in [6.45, 7) is 1.99. The fraction of sp³-hybridized carbons (Fsp3) is 0.833. The summed E-state index contributed by atoms with van der Waals surface area (Å²) in [6.07, 6.45) is 6.75. The highest BCUT2D eigenvalue weighted by molar-refractivity contribution is 7.99. The lowest BCUT2D eigenvalue weighted by molar-refractivity contribution is 0.258. The van der Waals surface area contributed by atoms with Gasteiger partial charge in [0.05, 0.1) is 0 Å². The molecule has 1 saturated carbocycles. The van der Waals surface area contributed by atoms with E-state index >= 15 is 0 Å². The van der Waals surface area contributed by atoms with Gasteiger partial charge < -0.3 is 4.57 Å². The summed E-state index contributed by atoms with van der Waals surface area (Å²) in [5.74, 6) is 3.11. The van der Waals surface area contributed by atoms with Crippen molar-refractivity contribution in [3.8, 4) is 0 Å².